The molecule has 0 unspecified atom stereocenters. The number of hydrogen-bond donors (Lipinski definition) is 1. The molecule has 1 aromatic heterocycles. The lowest BCUT2D eigenvalue weighted by Gasteiger charge is -2.35. The first-order valence-corrected chi connectivity index (χ1v) is 8.66. The smallest absolute Gasteiger partial charge is 0.234 e. The Hall–Kier alpha value is -1.57. The molecule has 1 N–H and O–H groups in total. The number of rotatable bonds is 6. The van der Waals surface area contributed by atoms with Gasteiger partial charge in [0.15, 0.2) is 5.79 Å². The van der Waals surface area contributed by atoms with Crippen LogP contribution in [0.15, 0.2) is 18.6 Å². The Kier molecular flexibility index (Phi) is 5.76. The van der Waals surface area contributed by atoms with Crippen molar-refractivity contribution in [2.75, 3.05) is 33.4 Å². The fourth-order valence-electron chi connectivity index (χ4n) is 3.35. The van der Waals surface area contributed by atoms with Gasteiger partial charge in [-0.25, -0.2) is 0 Å². The molecular formula is C17H26N4O3. The van der Waals surface area contributed by atoms with E-state index in [2.05, 4.69) is 15.3 Å². The van der Waals surface area contributed by atoms with Gasteiger partial charge in [-0.1, -0.05) is 0 Å². The predicted molar refractivity (Wildman–Crippen MR) is 88.3 cm³/mol. The van der Waals surface area contributed by atoms with Crippen molar-refractivity contribution < 1.29 is 14.3 Å². The van der Waals surface area contributed by atoms with Crippen LogP contribution < -0.4 is 5.32 Å². The van der Waals surface area contributed by atoms with Crippen molar-refractivity contribution in [1.82, 2.24) is 20.2 Å². The van der Waals surface area contributed by atoms with Crippen LogP contribution in [0.1, 0.15) is 31.4 Å². The minimum Gasteiger partial charge on any atom is -0.352 e. The molecule has 2 heterocycles. The maximum absolute atomic E-state index is 12.2. The van der Waals surface area contributed by atoms with Gasteiger partial charge in [0, 0.05) is 50.4 Å². The summed E-state index contributed by atoms with van der Waals surface area (Å²) in [6, 6.07) is 0.226. The Labute approximate surface area is 142 Å². The summed E-state index contributed by atoms with van der Waals surface area (Å²) in [5.74, 6) is -0.291. The zero-order valence-corrected chi connectivity index (χ0v) is 14.2. The monoisotopic (exact) mass is 334 g/mol. The first kappa shape index (κ1) is 17.3. The van der Waals surface area contributed by atoms with Crippen molar-refractivity contribution in [1.29, 1.82) is 0 Å². The van der Waals surface area contributed by atoms with Gasteiger partial charge in [0.2, 0.25) is 5.91 Å². The standard InChI is InChI=1S/C17H26N4O3/c1-21(9-4-15-12-18-7-8-19-15)13-16(22)20-14-2-5-17(6-3-14)23-10-11-24-17/h7-8,12,14H,2-6,9-11,13H2,1H3,(H,20,22). The van der Waals surface area contributed by atoms with Crippen molar-refractivity contribution >= 4 is 5.91 Å². The minimum absolute atomic E-state index is 0.0749. The predicted octanol–water partition coefficient (Wildman–Crippen LogP) is 0.753. The van der Waals surface area contributed by atoms with E-state index in [4.69, 9.17) is 9.47 Å². The average Bonchev–Trinajstić information content (AvgIpc) is 3.04. The van der Waals surface area contributed by atoms with E-state index in [1.807, 2.05) is 11.9 Å². The number of nitrogens with one attached hydrogen (secondary N) is 1. The highest BCUT2D eigenvalue weighted by Gasteiger charge is 2.40. The summed E-state index contributed by atoms with van der Waals surface area (Å²) >= 11 is 0. The lowest BCUT2D eigenvalue weighted by Crippen LogP contribution is -2.46. The third-order valence-corrected chi connectivity index (χ3v) is 4.71. The molecule has 7 heteroatoms. The minimum atomic E-state index is -0.366. The van der Waals surface area contributed by atoms with Crippen LogP contribution in [0.25, 0.3) is 0 Å². The molecule has 2 fully saturated rings. The molecule has 3 rings (SSSR count). The van der Waals surface area contributed by atoms with Gasteiger partial charge in [0.25, 0.3) is 0 Å². The van der Waals surface area contributed by atoms with Gasteiger partial charge >= 0.3 is 0 Å². The van der Waals surface area contributed by atoms with Gasteiger partial charge in [-0.3, -0.25) is 19.7 Å². The molecule has 1 spiro atoms. The van der Waals surface area contributed by atoms with Gasteiger partial charge in [0.1, 0.15) is 0 Å². The topological polar surface area (TPSA) is 76.6 Å². The van der Waals surface area contributed by atoms with Crippen LogP contribution in [0.4, 0.5) is 0 Å². The molecule has 7 nitrogen and oxygen atoms in total. The number of nitrogens with zero attached hydrogens (tertiary/aromatic N) is 3. The van der Waals surface area contributed by atoms with Crippen LogP contribution in [0.2, 0.25) is 0 Å². The van der Waals surface area contributed by atoms with Gasteiger partial charge in [-0.05, 0) is 19.9 Å². The molecule has 0 atom stereocenters. The summed E-state index contributed by atoms with van der Waals surface area (Å²) < 4.78 is 11.4. The molecule has 1 aromatic rings. The molecule has 0 radical (unpaired) electrons. The molecule has 1 aliphatic heterocycles. The van der Waals surface area contributed by atoms with Crippen molar-refractivity contribution in [2.24, 2.45) is 0 Å². The molecule has 1 amide bonds. The molecular weight excluding hydrogens is 308 g/mol. The summed E-state index contributed by atoms with van der Waals surface area (Å²) in [4.78, 5) is 22.5. The van der Waals surface area contributed by atoms with Crippen molar-refractivity contribution in [3.63, 3.8) is 0 Å². The van der Waals surface area contributed by atoms with E-state index in [0.717, 1.165) is 44.3 Å². The Morgan fingerprint density at radius 2 is 2.08 bits per heavy atom. The molecule has 1 aliphatic carbocycles. The molecule has 1 saturated heterocycles. The molecule has 24 heavy (non-hydrogen) atoms. The highest BCUT2D eigenvalue weighted by atomic mass is 16.7. The van der Waals surface area contributed by atoms with Crippen LogP contribution >= 0.6 is 0 Å². The number of carbonyl (C=O) groups excluding carboxylic acids is 1. The fourth-order valence-corrected chi connectivity index (χ4v) is 3.35. The fraction of sp³-hybridized carbons (Fsp3) is 0.706. The van der Waals surface area contributed by atoms with E-state index in [9.17, 15) is 4.79 Å². The summed E-state index contributed by atoms with van der Waals surface area (Å²) in [5.41, 5.74) is 0.943. The second kappa shape index (κ2) is 8.00. The molecule has 0 aromatic carbocycles. The number of ether oxygens (including phenoxy) is 2. The van der Waals surface area contributed by atoms with Crippen LogP contribution in [0.3, 0.4) is 0 Å². The third kappa shape index (κ3) is 4.72. The Morgan fingerprint density at radius 3 is 2.75 bits per heavy atom. The zero-order chi connectivity index (χ0) is 16.8. The van der Waals surface area contributed by atoms with Crippen LogP contribution in [0, 0.1) is 0 Å². The first-order chi connectivity index (χ1) is 11.7. The maximum Gasteiger partial charge on any atom is 0.234 e. The quantitative estimate of drug-likeness (QED) is 0.827. The highest BCUT2D eigenvalue weighted by molar-refractivity contribution is 5.78. The third-order valence-electron chi connectivity index (χ3n) is 4.71. The number of aromatic nitrogens is 2. The number of likely N-dealkylation sites (N-methyl/N-ethyl adjacent to an activating group) is 1. The van der Waals surface area contributed by atoms with Gasteiger partial charge < -0.3 is 14.8 Å². The Morgan fingerprint density at radius 1 is 1.33 bits per heavy atom. The maximum atomic E-state index is 12.2. The molecule has 132 valence electrons. The largest absolute Gasteiger partial charge is 0.352 e. The van der Waals surface area contributed by atoms with E-state index < -0.39 is 0 Å². The lowest BCUT2D eigenvalue weighted by atomic mass is 9.90. The summed E-state index contributed by atoms with van der Waals surface area (Å²) in [7, 11) is 1.95. The van der Waals surface area contributed by atoms with Crippen LogP contribution in [-0.4, -0.2) is 66.0 Å². The van der Waals surface area contributed by atoms with E-state index in [-0.39, 0.29) is 17.7 Å². The van der Waals surface area contributed by atoms with E-state index in [1.54, 1.807) is 18.6 Å². The summed E-state index contributed by atoms with van der Waals surface area (Å²) in [6.07, 6.45) is 9.45. The highest BCUT2D eigenvalue weighted by Crippen LogP contribution is 2.35. The van der Waals surface area contributed by atoms with Crippen LogP contribution in [-0.2, 0) is 20.7 Å². The first-order valence-electron chi connectivity index (χ1n) is 8.66. The van der Waals surface area contributed by atoms with Gasteiger partial charge in [-0.2, -0.15) is 0 Å². The number of carbonyl (C=O) groups is 1. The Bertz CT molecular complexity index is 524. The summed E-state index contributed by atoms with van der Waals surface area (Å²) in [6.45, 7) is 2.55. The normalized spacial score (nSPS) is 20.6. The second-order valence-electron chi connectivity index (χ2n) is 6.63. The number of amides is 1. The van der Waals surface area contributed by atoms with E-state index in [1.165, 1.54) is 0 Å². The van der Waals surface area contributed by atoms with Crippen molar-refractivity contribution in [3.05, 3.63) is 24.3 Å². The van der Waals surface area contributed by atoms with Gasteiger partial charge in [-0.15, -0.1) is 0 Å². The van der Waals surface area contributed by atoms with Crippen molar-refractivity contribution in [2.45, 2.75) is 43.9 Å². The van der Waals surface area contributed by atoms with Crippen LogP contribution in [0.5, 0.6) is 0 Å². The zero-order valence-electron chi connectivity index (χ0n) is 14.2. The lowest BCUT2D eigenvalue weighted by molar-refractivity contribution is -0.180. The van der Waals surface area contributed by atoms with Gasteiger partial charge in [0.05, 0.1) is 25.5 Å². The number of hydrogen-bond acceptors (Lipinski definition) is 6. The molecule has 0 bridgehead atoms. The molecule has 1 saturated carbocycles. The Balaban J connectivity index is 1.35. The summed E-state index contributed by atoms with van der Waals surface area (Å²) in [5, 5.41) is 3.13. The second-order valence-corrected chi connectivity index (χ2v) is 6.63. The van der Waals surface area contributed by atoms with E-state index in [0.29, 0.717) is 19.8 Å². The SMILES string of the molecule is CN(CCc1cnccn1)CC(=O)NC1CCC2(CC1)OCCO2. The van der Waals surface area contributed by atoms with E-state index >= 15 is 0 Å². The molecule has 2 aliphatic rings. The van der Waals surface area contributed by atoms with Crippen molar-refractivity contribution in [3.8, 4) is 0 Å². The average molecular weight is 334 g/mol.